The third-order valence-corrected chi connectivity index (χ3v) is 0.512. The van der Waals surface area contributed by atoms with E-state index in [0.717, 1.165) is 12.8 Å². The Morgan fingerprint density at radius 3 is 1.71 bits per heavy atom. The molecular weight excluding hydrogens is 96.0 g/mol. The summed E-state index contributed by atoms with van der Waals surface area (Å²) in [7, 11) is 0. The molecule has 0 aromatic rings. The van der Waals surface area contributed by atoms with Crippen molar-refractivity contribution in [2.24, 2.45) is 0 Å². The summed E-state index contributed by atoms with van der Waals surface area (Å²) >= 11 is 0. The molecule has 0 rings (SSSR count). The molecule has 0 radical (unpaired) electrons. The van der Waals surface area contributed by atoms with Gasteiger partial charge in [-0.2, -0.15) is 0 Å². The van der Waals surface area contributed by atoms with Gasteiger partial charge in [-0.25, -0.2) is 0 Å². The molecule has 0 saturated carbocycles. The average molecular weight is 108 g/mol. The second kappa shape index (κ2) is 16.9. The van der Waals surface area contributed by atoms with Crippen molar-refractivity contribution in [3.8, 4) is 0 Å². The molecule has 3 nitrogen and oxygen atoms in total. The van der Waals surface area contributed by atoms with Crippen molar-refractivity contribution in [1.82, 2.24) is 0 Å². The van der Waals surface area contributed by atoms with Gasteiger partial charge in [-0.15, -0.1) is 0 Å². The maximum atomic E-state index is 8.07. The SMILES string of the molecule is CCCCO.OO. The molecule has 0 fully saturated rings. The van der Waals surface area contributed by atoms with Gasteiger partial charge in [-0.05, 0) is 6.42 Å². The van der Waals surface area contributed by atoms with Crippen LogP contribution in [0.5, 0.6) is 0 Å². The van der Waals surface area contributed by atoms with Gasteiger partial charge in [0.25, 0.3) is 0 Å². The van der Waals surface area contributed by atoms with Crippen molar-refractivity contribution in [3.05, 3.63) is 0 Å². The van der Waals surface area contributed by atoms with E-state index >= 15 is 0 Å². The highest BCUT2D eigenvalue weighted by Gasteiger charge is 1.69. The van der Waals surface area contributed by atoms with Gasteiger partial charge < -0.3 is 5.11 Å². The van der Waals surface area contributed by atoms with Gasteiger partial charge in [0, 0.05) is 6.61 Å². The average Bonchev–Trinajstić information content (AvgIpc) is 1.75. The summed E-state index contributed by atoms with van der Waals surface area (Å²) in [6.45, 7) is 2.40. The standard InChI is InChI=1S/C4H10O.H2O2/c1-2-3-4-5;1-2/h5H,2-4H2,1H3;1-2H. The molecule has 0 unspecified atom stereocenters. The Labute approximate surface area is 43.2 Å². The molecule has 0 spiro atoms. The maximum absolute atomic E-state index is 8.07. The maximum Gasteiger partial charge on any atom is 0.0430 e. The Morgan fingerprint density at radius 2 is 1.71 bits per heavy atom. The largest absolute Gasteiger partial charge is 0.396 e. The fourth-order valence-electron chi connectivity index (χ4n) is 0.158. The van der Waals surface area contributed by atoms with Crippen LogP contribution in [0, 0.1) is 0 Å². The number of hydrogen-bond donors (Lipinski definition) is 3. The highest BCUT2D eigenvalue weighted by atomic mass is 17.0. The number of rotatable bonds is 2. The van der Waals surface area contributed by atoms with Crippen LogP contribution in [-0.4, -0.2) is 22.2 Å². The topological polar surface area (TPSA) is 60.7 Å². The van der Waals surface area contributed by atoms with E-state index in [4.69, 9.17) is 15.6 Å². The van der Waals surface area contributed by atoms with Crippen molar-refractivity contribution in [2.75, 3.05) is 6.61 Å². The molecule has 0 saturated heterocycles. The van der Waals surface area contributed by atoms with Crippen LogP contribution in [0.2, 0.25) is 0 Å². The summed E-state index contributed by atoms with van der Waals surface area (Å²) in [5, 5.41) is 20.1. The van der Waals surface area contributed by atoms with Crippen LogP contribution in [-0.2, 0) is 0 Å². The zero-order valence-corrected chi connectivity index (χ0v) is 4.46. The lowest BCUT2D eigenvalue weighted by molar-refractivity contribution is -0.176. The first-order valence-corrected chi connectivity index (χ1v) is 2.22. The van der Waals surface area contributed by atoms with E-state index in [1.807, 2.05) is 0 Å². The van der Waals surface area contributed by atoms with Crippen LogP contribution in [0.3, 0.4) is 0 Å². The zero-order valence-electron chi connectivity index (χ0n) is 4.46. The van der Waals surface area contributed by atoms with Gasteiger partial charge in [-0.1, -0.05) is 13.3 Å². The third kappa shape index (κ3) is 25.0. The zero-order chi connectivity index (χ0) is 6.12. The molecule has 0 aliphatic carbocycles. The summed E-state index contributed by atoms with van der Waals surface area (Å²) in [5.74, 6) is 0. The minimum atomic E-state index is 0.344. The van der Waals surface area contributed by atoms with Crippen LogP contribution in [0.1, 0.15) is 19.8 Å². The first kappa shape index (κ1) is 9.99. The van der Waals surface area contributed by atoms with E-state index in [2.05, 4.69) is 6.92 Å². The summed E-state index contributed by atoms with van der Waals surface area (Å²) in [6.07, 6.45) is 2.04. The molecular formula is C4H12O3. The summed E-state index contributed by atoms with van der Waals surface area (Å²) in [5.41, 5.74) is 0. The summed E-state index contributed by atoms with van der Waals surface area (Å²) < 4.78 is 0. The Morgan fingerprint density at radius 1 is 1.29 bits per heavy atom. The van der Waals surface area contributed by atoms with Gasteiger partial charge in [0.05, 0.1) is 0 Å². The normalized spacial score (nSPS) is 6.86. The minimum Gasteiger partial charge on any atom is -0.396 e. The molecule has 0 aromatic heterocycles. The number of hydrogen-bond acceptors (Lipinski definition) is 3. The molecule has 0 amide bonds. The highest BCUT2D eigenvalue weighted by Crippen LogP contribution is 1.78. The number of unbranched alkanes of at least 4 members (excludes halogenated alkanes) is 1. The van der Waals surface area contributed by atoms with Crippen molar-refractivity contribution >= 4 is 0 Å². The van der Waals surface area contributed by atoms with Crippen molar-refractivity contribution in [2.45, 2.75) is 19.8 Å². The molecule has 0 aliphatic heterocycles. The van der Waals surface area contributed by atoms with E-state index in [1.165, 1.54) is 0 Å². The van der Waals surface area contributed by atoms with E-state index < -0.39 is 0 Å². The highest BCUT2D eigenvalue weighted by molar-refractivity contribution is 4.23. The Hall–Kier alpha value is -0.120. The smallest absolute Gasteiger partial charge is 0.0430 e. The van der Waals surface area contributed by atoms with E-state index in [-0.39, 0.29) is 0 Å². The fraction of sp³-hybridized carbons (Fsp3) is 1.00. The second-order valence-corrected chi connectivity index (χ2v) is 1.08. The Bertz CT molecular complexity index is 14.4. The lowest BCUT2D eigenvalue weighted by Crippen LogP contribution is -1.75. The molecule has 3 N–H and O–H groups in total. The van der Waals surface area contributed by atoms with Gasteiger partial charge in [-0.3, -0.25) is 10.5 Å². The van der Waals surface area contributed by atoms with Crippen LogP contribution in [0.4, 0.5) is 0 Å². The quantitative estimate of drug-likeness (QED) is 0.362. The molecule has 0 atom stereocenters. The predicted octanol–water partition coefficient (Wildman–Crippen LogP) is 0.796. The van der Waals surface area contributed by atoms with Crippen LogP contribution in [0.15, 0.2) is 0 Å². The van der Waals surface area contributed by atoms with E-state index in [9.17, 15) is 0 Å². The Balaban J connectivity index is 0. The summed E-state index contributed by atoms with van der Waals surface area (Å²) in [4.78, 5) is 0. The van der Waals surface area contributed by atoms with Gasteiger partial charge in [0.1, 0.15) is 0 Å². The molecule has 7 heavy (non-hydrogen) atoms. The molecule has 3 heteroatoms. The van der Waals surface area contributed by atoms with Crippen LogP contribution in [0.25, 0.3) is 0 Å². The van der Waals surface area contributed by atoms with E-state index in [0.29, 0.717) is 6.61 Å². The summed E-state index contributed by atoms with van der Waals surface area (Å²) in [6, 6.07) is 0. The van der Waals surface area contributed by atoms with Crippen LogP contribution >= 0.6 is 0 Å². The molecule has 0 heterocycles. The van der Waals surface area contributed by atoms with Gasteiger partial charge in [0.15, 0.2) is 0 Å². The van der Waals surface area contributed by atoms with Crippen molar-refractivity contribution in [3.63, 3.8) is 0 Å². The molecule has 0 aromatic carbocycles. The second-order valence-electron chi connectivity index (χ2n) is 1.08. The lowest BCUT2D eigenvalue weighted by atomic mass is 10.4. The monoisotopic (exact) mass is 108 g/mol. The molecule has 0 bridgehead atoms. The third-order valence-electron chi connectivity index (χ3n) is 0.512. The van der Waals surface area contributed by atoms with Crippen molar-refractivity contribution < 1.29 is 15.6 Å². The first-order valence-electron chi connectivity index (χ1n) is 2.22. The molecule has 0 aliphatic rings. The van der Waals surface area contributed by atoms with Gasteiger partial charge in [0.2, 0.25) is 0 Å². The Kier molecular flexibility index (Phi) is 24.1. The molecule has 46 valence electrons. The number of aliphatic hydroxyl groups is 1. The fourth-order valence-corrected chi connectivity index (χ4v) is 0.158. The van der Waals surface area contributed by atoms with E-state index in [1.54, 1.807) is 0 Å². The lowest BCUT2D eigenvalue weighted by Gasteiger charge is -1.79. The minimum absolute atomic E-state index is 0.344. The van der Waals surface area contributed by atoms with Crippen molar-refractivity contribution in [1.29, 1.82) is 0 Å². The number of aliphatic hydroxyl groups excluding tert-OH is 1. The van der Waals surface area contributed by atoms with Crippen LogP contribution < -0.4 is 0 Å². The first-order chi connectivity index (χ1) is 3.41. The predicted molar refractivity (Wildman–Crippen MR) is 27.3 cm³/mol. The van der Waals surface area contributed by atoms with Gasteiger partial charge >= 0.3 is 0 Å².